The summed E-state index contributed by atoms with van der Waals surface area (Å²) in [6, 6.07) is 15.7. The molecular formula is C18H16N2O3. The average molecular weight is 308 g/mol. The van der Waals surface area contributed by atoms with E-state index in [2.05, 4.69) is 0 Å². The molecule has 0 atom stereocenters. The molecule has 0 N–H and O–H groups in total. The molecule has 2 aromatic carbocycles. The van der Waals surface area contributed by atoms with Gasteiger partial charge in [0.1, 0.15) is 12.4 Å². The Morgan fingerprint density at radius 2 is 2.00 bits per heavy atom. The lowest BCUT2D eigenvalue weighted by atomic mass is 10.1. The van der Waals surface area contributed by atoms with Crippen molar-refractivity contribution in [2.24, 2.45) is 7.05 Å². The number of benzene rings is 2. The Morgan fingerprint density at radius 3 is 2.74 bits per heavy atom. The molecule has 1 heterocycles. The van der Waals surface area contributed by atoms with E-state index in [1.807, 2.05) is 66.3 Å². The zero-order valence-electron chi connectivity index (χ0n) is 12.7. The van der Waals surface area contributed by atoms with E-state index in [4.69, 9.17) is 4.74 Å². The van der Waals surface area contributed by atoms with Crippen LogP contribution in [0.5, 0.6) is 5.75 Å². The molecular weight excluding hydrogens is 292 g/mol. The van der Waals surface area contributed by atoms with Gasteiger partial charge in [-0.3, -0.25) is 10.1 Å². The summed E-state index contributed by atoms with van der Waals surface area (Å²) in [7, 11) is 1.91. The Kier molecular flexibility index (Phi) is 4.10. The fourth-order valence-corrected chi connectivity index (χ4v) is 2.50. The van der Waals surface area contributed by atoms with Gasteiger partial charge < -0.3 is 9.30 Å². The summed E-state index contributed by atoms with van der Waals surface area (Å²) < 4.78 is 7.76. The molecule has 0 saturated carbocycles. The summed E-state index contributed by atoms with van der Waals surface area (Å²) in [5, 5.41) is 11.4. The second kappa shape index (κ2) is 6.36. The molecule has 0 aliphatic heterocycles. The fraction of sp³-hybridized carbons (Fsp3) is 0.111. The van der Waals surface area contributed by atoms with Gasteiger partial charge in [0.25, 0.3) is 0 Å². The molecule has 116 valence electrons. The largest absolute Gasteiger partial charge is 0.489 e. The third-order valence-corrected chi connectivity index (χ3v) is 3.62. The number of rotatable bonds is 5. The zero-order valence-corrected chi connectivity index (χ0v) is 12.7. The van der Waals surface area contributed by atoms with Crippen LogP contribution >= 0.6 is 0 Å². The number of nitrogens with zero attached hydrogens (tertiary/aromatic N) is 2. The van der Waals surface area contributed by atoms with Gasteiger partial charge in [0, 0.05) is 36.3 Å². The normalized spacial score (nSPS) is 11.2. The first-order valence-corrected chi connectivity index (χ1v) is 7.21. The van der Waals surface area contributed by atoms with Crippen LogP contribution in [0.15, 0.2) is 60.9 Å². The van der Waals surface area contributed by atoms with E-state index in [0.29, 0.717) is 6.61 Å². The summed E-state index contributed by atoms with van der Waals surface area (Å²) in [5.74, 6) is 0.771. The molecule has 0 spiro atoms. The molecule has 0 unspecified atom stereocenters. The molecule has 3 rings (SSSR count). The maximum Gasteiger partial charge on any atom is 0.235 e. The number of hydrogen-bond acceptors (Lipinski definition) is 3. The molecule has 1 aromatic heterocycles. The predicted octanol–water partition coefficient (Wildman–Crippen LogP) is 4.00. The lowest BCUT2D eigenvalue weighted by molar-refractivity contribution is -0.400. The molecule has 0 amide bonds. The topological polar surface area (TPSA) is 57.3 Å². The van der Waals surface area contributed by atoms with Crippen molar-refractivity contribution in [3.8, 4) is 5.75 Å². The number of aryl methyl sites for hydroxylation is 1. The Balaban J connectivity index is 1.84. The van der Waals surface area contributed by atoms with Gasteiger partial charge in [0.2, 0.25) is 6.20 Å². The first-order chi connectivity index (χ1) is 11.1. The van der Waals surface area contributed by atoms with Gasteiger partial charge in [0.15, 0.2) is 0 Å². The summed E-state index contributed by atoms with van der Waals surface area (Å²) in [4.78, 5) is 10.0. The SMILES string of the molecule is Cn1cc(C=C[N+](=O)[O-])c2ccc(OCc3ccccc3)cc21. The van der Waals surface area contributed by atoms with Gasteiger partial charge in [0.05, 0.1) is 10.4 Å². The minimum Gasteiger partial charge on any atom is -0.489 e. The van der Waals surface area contributed by atoms with E-state index in [0.717, 1.165) is 34.0 Å². The first-order valence-electron chi connectivity index (χ1n) is 7.21. The van der Waals surface area contributed by atoms with Crippen LogP contribution in [0.1, 0.15) is 11.1 Å². The average Bonchev–Trinajstić information content (AvgIpc) is 2.88. The number of hydrogen-bond donors (Lipinski definition) is 0. The monoisotopic (exact) mass is 308 g/mol. The van der Waals surface area contributed by atoms with Crippen LogP contribution in [-0.4, -0.2) is 9.49 Å². The summed E-state index contributed by atoms with van der Waals surface area (Å²) in [6.07, 6.45) is 4.33. The van der Waals surface area contributed by atoms with E-state index in [9.17, 15) is 10.1 Å². The highest BCUT2D eigenvalue weighted by Crippen LogP contribution is 2.26. The molecule has 0 aliphatic carbocycles. The van der Waals surface area contributed by atoms with Crippen LogP contribution in [0.4, 0.5) is 0 Å². The molecule has 23 heavy (non-hydrogen) atoms. The zero-order chi connectivity index (χ0) is 16.2. The summed E-state index contributed by atoms with van der Waals surface area (Å²) in [5.41, 5.74) is 2.89. The molecule has 0 fully saturated rings. The number of fused-ring (bicyclic) bond motifs is 1. The Morgan fingerprint density at radius 1 is 1.22 bits per heavy atom. The summed E-state index contributed by atoms with van der Waals surface area (Å²) in [6.45, 7) is 0.505. The van der Waals surface area contributed by atoms with Gasteiger partial charge in [-0.1, -0.05) is 30.3 Å². The van der Waals surface area contributed by atoms with Crippen molar-refractivity contribution >= 4 is 17.0 Å². The lowest BCUT2D eigenvalue weighted by Crippen LogP contribution is -1.95. The Bertz CT molecular complexity index is 867. The number of nitro groups is 1. The highest BCUT2D eigenvalue weighted by Gasteiger charge is 2.07. The Hall–Kier alpha value is -3.08. The van der Waals surface area contributed by atoms with Crippen molar-refractivity contribution in [3.63, 3.8) is 0 Å². The van der Waals surface area contributed by atoms with Gasteiger partial charge in [-0.25, -0.2) is 0 Å². The molecule has 5 nitrogen and oxygen atoms in total. The number of ether oxygens (including phenoxy) is 1. The maximum atomic E-state index is 10.5. The van der Waals surface area contributed by atoms with Crippen molar-refractivity contribution in [3.05, 3.63) is 82.2 Å². The quantitative estimate of drug-likeness (QED) is 0.528. The van der Waals surface area contributed by atoms with Crippen molar-refractivity contribution in [2.45, 2.75) is 6.61 Å². The molecule has 0 saturated heterocycles. The van der Waals surface area contributed by atoms with E-state index < -0.39 is 4.92 Å². The lowest BCUT2D eigenvalue weighted by Gasteiger charge is -2.07. The van der Waals surface area contributed by atoms with E-state index >= 15 is 0 Å². The van der Waals surface area contributed by atoms with Crippen LogP contribution < -0.4 is 4.74 Å². The van der Waals surface area contributed by atoms with Gasteiger partial charge in [-0.05, 0) is 17.7 Å². The highest BCUT2D eigenvalue weighted by molar-refractivity contribution is 5.90. The molecule has 0 bridgehead atoms. The van der Waals surface area contributed by atoms with Crippen LogP contribution in [0, 0.1) is 10.1 Å². The second-order valence-electron chi connectivity index (χ2n) is 5.25. The van der Waals surface area contributed by atoms with Gasteiger partial charge >= 0.3 is 0 Å². The second-order valence-corrected chi connectivity index (χ2v) is 5.25. The maximum absolute atomic E-state index is 10.5. The Labute approximate surface area is 133 Å². The van der Waals surface area contributed by atoms with Crippen molar-refractivity contribution in [1.29, 1.82) is 0 Å². The third-order valence-electron chi connectivity index (χ3n) is 3.62. The third kappa shape index (κ3) is 3.40. The number of aromatic nitrogens is 1. The van der Waals surface area contributed by atoms with Crippen LogP contribution in [-0.2, 0) is 13.7 Å². The van der Waals surface area contributed by atoms with Gasteiger partial charge in [-0.2, -0.15) is 0 Å². The minimum absolute atomic E-state index is 0.462. The van der Waals surface area contributed by atoms with E-state index in [1.54, 1.807) is 0 Å². The fourth-order valence-electron chi connectivity index (χ4n) is 2.50. The molecule has 0 aliphatic rings. The first kappa shape index (κ1) is 14.8. The van der Waals surface area contributed by atoms with Crippen molar-refractivity contribution < 1.29 is 9.66 Å². The van der Waals surface area contributed by atoms with Crippen molar-refractivity contribution in [2.75, 3.05) is 0 Å². The molecule has 0 radical (unpaired) electrons. The van der Waals surface area contributed by atoms with Gasteiger partial charge in [-0.15, -0.1) is 0 Å². The van der Waals surface area contributed by atoms with E-state index in [1.165, 1.54) is 6.08 Å². The smallest absolute Gasteiger partial charge is 0.235 e. The van der Waals surface area contributed by atoms with Crippen LogP contribution in [0.25, 0.3) is 17.0 Å². The minimum atomic E-state index is -0.462. The predicted molar refractivity (Wildman–Crippen MR) is 89.7 cm³/mol. The molecule has 5 heteroatoms. The summed E-state index contributed by atoms with van der Waals surface area (Å²) >= 11 is 0. The molecule has 3 aromatic rings. The van der Waals surface area contributed by atoms with E-state index in [-0.39, 0.29) is 0 Å². The standard InChI is InChI=1S/C18H16N2O3/c1-19-12-15(9-10-20(21)22)17-8-7-16(11-18(17)19)23-13-14-5-3-2-4-6-14/h2-12H,13H2,1H3. The van der Waals surface area contributed by atoms with Crippen LogP contribution in [0.2, 0.25) is 0 Å². The van der Waals surface area contributed by atoms with Crippen molar-refractivity contribution in [1.82, 2.24) is 4.57 Å². The van der Waals surface area contributed by atoms with Crippen LogP contribution in [0.3, 0.4) is 0 Å². The highest BCUT2D eigenvalue weighted by atomic mass is 16.6.